The van der Waals surface area contributed by atoms with Crippen molar-refractivity contribution in [1.29, 1.82) is 0 Å². The van der Waals surface area contributed by atoms with Crippen molar-refractivity contribution in [2.45, 2.75) is 38.7 Å². The van der Waals surface area contributed by atoms with Crippen molar-refractivity contribution in [3.63, 3.8) is 0 Å². The first-order valence-electron chi connectivity index (χ1n) is 4.67. The van der Waals surface area contributed by atoms with Gasteiger partial charge in [-0.3, -0.25) is 4.79 Å². The smallest absolute Gasteiger partial charge is 0.303 e. The molecule has 0 spiro atoms. The summed E-state index contributed by atoms with van der Waals surface area (Å²) in [6, 6.07) is 0. The van der Waals surface area contributed by atoms with Crippen LogP contribution in [-0.2, 0) is 4.79 Å². The number of aliphatic hydroxyl groups is 1. The first kappa shape index (κ1) is 13.5. The van der Waals surface area contributed by atoms with Crippen LogP contribution in [0.2, 0.25) is 0 Å². The van der Waals surface area contributed by atoms with Crippen LogP contribution in [0.1, 0.15) is 32.6 Å². The number of allylic oxidation sites excluding steroid dienone is 2. The van der Waals surface area contributed by atoms with E-state index in [1.807, 2.05) is 13.0 Å². The lowest BCUT2D eigenvalue weighted by Gasteiger charge is -2.04. The molecule has 1 atom stereocenters. The summed E-state index contributed by atoms with van der Waals surface area (Å²) in [7, 11) is 0. The van der Waals surface area contributed by atoms with Gasteiger partial charge in [0.25, 0.3) is 0 Å². The Labute approximate surface area is 89.4 Å². The second kappa shape index (κ2) is 7.83. The maximum Gasteiger partial charge on any atom is 0.303 e. The van der Waals surface area contributed by atoms with Crippen molar-refractivity contribution in [2.75, 3.05) is 5.88 Å². The summed E-state index contributed by atoms with van der Waals surface area (Å²) in [5, 5.41) is 17.6. The quantitative estimate of drug-likeness (QED) is 0.511. The molecule has 0 saturated heterocycles. The molecular weight excluding hydrogens is 204 g/mol. The summed E-state index contributed by atoms with van der Waals surface area (Å²) in [5.74, 6) is -0.527. The van der Waals surface area contributed by atoms with Crippen LogP contribution in [0.5, 0.6) is 0 Å². The number of hydrogen-bond acceptors (Lipinski definition) is 2. The third kappa shape index (κ3) is 8.08. The van der Waals surface area contributed by atoms with E-state index in [-0.39, 0.29) is 12.3 Å². The molecule has 0 bridgehead atoms. The number of carboxylic acids is 1. The van der Waals surface area contributed by atoms with Gasteiger partial charge in [0.1, 0.15) is 0 Å². The monoisotopic (exact) mass is 220 g/mol. The Morgan fingerprint density at radius 1 is 1.50 bits per heavy atom. The SMILES string of the molecule is CC(=CCCC(O)CCl)CCC(=O)O. The summed E-state index contributed by atoms with van der Waals surface area (Å²) in [6.45, 7) is 1.90. The highest BCUT2D eigenvalue weighted by atomic mass is 35.5. The van der Waals surface area contributed by atoms with Crippen LogP contribution in [0.15, 0.2) is 11.6 Å². The molecule has 0 saturated carbocycles. The Kier molecular flexibility index (Phi) is 7.52. The summed E-state index contributed by atoms with van der Waals surface area (Å²) in [4.78, 5) is 10.2. The van der Waals surface area contributed by atoms with Gasteiger partial charge in [0.05, 0.1) is 6.10 Å². The minimum Gasteiger partial charge on any atom is -0.481 e. The second-order valence-electron chi connectivity index (χ2n) is 3.33. The number of rotatable bonds is 7. The van der Waals surface area contributed by atoms with Crippen LogP contribution in [0.4, 0.5) is 0 Å². The Bertz CT molecular complexity index is 202. The van der Waals surface area contributed by atoms with Crippen molar-refractivity contribution in [2.24, 2.45) is 0 Å². The van der Waals surface area contributed by atoms with E-state index < -0.39 is 12.1 Å². The Morgan fingerprint density at radius 3 is 2.64 bits per heavy atom. The normalized spacial score (nSPS) is 14.1. The fourth-order valence-corrected chi connectivity index (χ4v) is 1.16. The average Bonchev–Trinajstić information content (AvgIpc) is 2.14. The van der Waals surface area contributed by atoms with E-state index in [0.29, 0.717) is 12.8 Å². The highest BCUT2D eigenvalue weighted by Gasteiger charge is 2.00. The fraction of sp³-hybridized carbons (Fsp3) is 0.700. The highest BCUT2D eigenvalue weighted by molar-refractivity contribution is 6.18. The largest absolute Gasteiger partial charge is 0.481 e. The van der Waals surface area contributed by atoms with Gasteiger partial charge in [-0.2, -0.15) is 0 Å². The number of aliphatic hydroxyl groups excluding tert-OH is 1. The molecule has 0 aliphatic carbocycles. The molecular formula is C10H17ClO3. The van der Waals surface area contributed by atoms with Gasteiger partial charge >= 0.3 is 5.97 Å². The van der Waals surface area contributed by atoms with Gasteiger partial charge in [-0.1, -0.05) is 11.6 Å². The maximum atomic E-state index is 10.2. The van der Waals surface area contributed by atoms with E-state index >= 15 is 0 Å². The van der Waals surface area contributed by atoms with E-state index in [0.717, 1.165) is 12.0 Å². The van der Waals surface area contributed by atoms with Crippen LogP contribution in [0, 0.1) is 0 Å². The third-order valence-corrected chi connectivity index (χ3v) is 2.26. The third-order valence-electron chi connectivity index (χ3n) is 1.90. The summed E-state index contributed by atoms with van der Waals surface area (Å²) in [6.07, 6.45) is 3.62. The van der Waals surface area contributed by atoms with Crippen molar-refractivity contribution in [3.8, 4) is 0 Å². The zero-order chi connectivity index (χ0) is 11.0. The molecule has 0 fully saturated rings. The molecule has 0 amide bonds. The number of aliphatic carboxylic acids is 1. The standard InChI is InChI=1S/C10H17ClO3/c1-8(5-6-10(13)14)3-2-4-9(12)7-11/h3,9,12H,2,4-7H2,1H3,(H,13,14). The van der Waals surface area contributed by atoms with E-state index in [1.54, 1.807) is 0 Å². The molecule has 82 valence electrons. The molecule has 0 radical (unpaired) electrons. The van der Waals surface area contributed by atoms with Gasteiger partial charge in [0, 0.05) is 12.3 Å². The van der Waals surface area contributed by atoms with Gasteiger partial charge in [0.2, 0.25) is 0 Å². The molecule has 0 rings (SSSR count). The second-order valence-corrected chi connectivity index (χ2v) is 3.64. The number of alkyl halides is 1. The lowest BCUT2D eigenvalue weighted by Crippen LogP contribution is -2.06. The molecule has 3 nitrogen and oxygen atoms in total. The molecule has 2 N–H and O–H groups in total. The predicted octanol–water partition coefficient (Wildman–Crippen LogP) is 2.18. The Morgan fingerprint density at radius 2 is 2.14 bits per heavy atom. The number of hydrogen-bond donors (Lipinski definition) is 2. The molecule has 0 aliphatic heterocycles. The van der Waals surface area contributed by atoms with E-state index in [4.69, 9.17) is 21.8 Å². The summed E-state index contributed by atoms with van der Waals surface area (Å²) < 4.78 is 0. The van der Waals surface area contributed by atoms with Crippen molar-refractivity contribution >= 4 is 17.6 Å². The molecule has 0 aromatic carbocycles. The van der Waals surface area contributed by atoms with Crippen LogP contribution < -0.4 is 0 Å². The van der Waals surface area contributed by atoms with Gasteiger partial charge in [-0.15, -0.1) is 11.6 Å². The van der Waals surface area contributed by atoms with Crippen molar-refractivity contribution in [3.05, 3.63) is 11.6 Å². The molecule has 4 heteroatoms. The van der Waals surface area contributed by atoms with Crippen molar-refractivity contribution in [1.82, 2.24) is 0 Å². The van der Waals surface area contributed by atoms with Gasteiger partial charge < -0.3 is 10.2 Å². The van der Waals surface area contributed by atoms with Gasteiger partial charge in [-0.05, 0) is 26.2 Å². The topological polar surface area (TPSA) is 57.5 Å². The van der Waals surface area contributed by atoms with Crippen LogP contribution in [-0.4, -0.2) is 28.2 Å². The zero-order valence-electron chi connectivity index (χ0n) is 8.37. The fourth-order valence-electron chi connectivity index (χ4n) is 1.01. The molecule has 0 aromatic rings. The van der Waals surface area contributed by atoms with Gasteiger partial charge in [-0.25, -0.2) is 0 Å². The van der Waals surface area contributed by atoms with Crippen LogP contribution >= 0.6 is 11.6 Å². The number of carbonyl (C=O) groups is 1. The summed E-state index contributed by atoms with van der Waals surface area (Å²) >= 11 is 5.42. The first-order valence-corrected chi connectivity index (χ1v) is 5.21. The Hall–Kier alpha value is -0.540. The summed E-state index contributed by atoms with van der Waals surface area (Å²) in [5.41, 5.74) is 1.05. The lowest BCUT2D eigenvalue weighted by atomic mass is 10.1. The van der Waals surface area contributed by atoms with E-state index in [1.165, 1.54) is 0 Å². The number of carboxylic acid groups (broad SMARTS) is 1. The van der Waals surface area contributed by atoms with Crippen molar-refractivity contribution < 1.29 is 15.0 Å². The molecule has 14 heavy (non-hydrogen) atoms. The minimum absolute atomic E-state index is 0.167. The van der Waals surface area contributed by atoms with Gasteiger partial charge in [0.15, 0.2) is 0 Å². The maximum absolute atomic E-state index is 10.2. The molecule has 0 heterocycles. The van der Waals surface area contributed by atoms with E-state index in [9.17, 15) is 4.79 Å². The molecule has 0 aromatic heterocycles. The first-order chi connectivity index (χ1) is 6.56. The predicted molar refractivity (Wildman–Crippen MR) is 56.6 cm³/mol. The minimum atomic E-state index is -0.779. The highest BCUT2D eigenvalue weighted by Crippen LogP contribution is 2.08. The lowest BCUT2D eigenvalue weighted by molar-refractivity contribution is -0.136. The van der Waals surface area contributed by atoms with Crippen LogP contribution in [0.25, 0.3) is 0 Å². The van der Waals surface area contributed by atoms with E-state index in [2.05, 4.69) is 0 Å². The van der Waals surface area contributed by atoms with Crippen LogP contribution in [0.3, 0.4) is 0 Å². The Balaban J connectivity index is 3.60. The molecule has 1 unspecified atom stereocenters. The number of halogens is 1. The average molecular weight is 221 g/mol. The zero-order valence-corrected chi connectivity index (χ0v) is 9.13. The molecule has 0 aliphatic rings.